The van der Waals surface area contributed by atoms with Crippen LogP contribution < -0.4 is 11.5 Å². The number of anilines is 2. The molecule has 0 atom stereocenters. The molecule has 0 amide bonds. The first kappa shape index (κ1) is 22.1. The normalized spacial score (nSPS) is 11.5. The second-order valence-electron chi connectivity index (χ2n) is 4.04. The molecule has 0 fully saturated rings. The molecule has 22 heavy (non-hydrogen) atoms. The molecule has 12 heteroatoms. The number of hydrogen-bond acceptors (Lipinski definition) is 6. The van der Waals surface area contributed by atoms with E-state index in [-0.39, 0.29) is 81.3 Å². The van der Waals surface area contributed by atoms with Gasteiger partial charge in [-0.15, -0.1) is 0 Å². The fourth-order valence-corrected chi connectivity index (χ4v) is 3.12. The van der Waals surface area contributed by atoms with Gasteiger partial charge in [-0.3, -0.25) is 9.11 Å². The summed E-state index contributed by atoms with van der Waals surface area (Å²) in [7, 11) is -9.39. The van der Waals surface area contributed by atoms with Crippen LogP contribution in [-0.2, 0) is 20.2 Å². The average Bonchev–Trinajstić information content (AvgIpc) is 2.30. The summed E-state index contributed by atoms with van der Waals surface area (Å²) in [4.78, 5) is -1.40. The van der Waals surface area contributed by atoms with E-state index in [9.17, 15) is 16.8 Å². The first-order chi connectivity index (χ1) is 9.01. The Hall–Kier alpha value is 0.120. The van der Waals surface area contributed by atoms with Gasteiger partial charge in [0.2, 0.25) is 0 Å². The van der Waals surface area contributed by atoms with Crippen LogP contribution in [0, 0.1) is 0 Å². The van der Waals surface area contributed by atoms with E-state index in [1.807, 2.05) is 0 Å². The monoisotopic (exact) mass is 364 g/mol. The number of fused-ring (bicyclic) bond motifs is 1. The van der Waals surface area contributed by atoms with Gasteiger partial charge in [-0.25, -0.2) is 0 Å². The van der Waals surface area contributed by atoms with Crippen molar-refractivity contribution in [3.8, 4) is 0 Å². The van der Waals surface area contributed by atoms with Crippen molar-refractivity contribution in [1.82, 2.24) is 0 Å². The van der Waals surface area contributed by atoms with Crippen LogP contribution in [0.15, 0.2) is 34.1 Å². The van der Waals surface area contributed by atoms with Gasteiger partial charge in [-0.2, -0.15) is 16.8 Å². The molecule has 8 nitrogen and oxygen atoms in total. The number of nitrogen functional groups attached to an aromatic ring is 2. The predicted molar refractivity (Wildman–Crippen MR) is 83.9 cm³/mol. The van der Waals surface area contributed by atoms with Gasteiger partial charge in [0.05, 0.1) is 16.3 Å². The molecule has 0 bridgehead atoms. The topological polar surface area (TPSA) is 161 Å². The average molecular weight is 364 g/mol. The van der Waals surface area contributed by atoms with Crippen molar-refractivity contribution in [1.29, 1.82) is 0 Å². The van der Waals surface area contributed by atoms with Crippen molar-refractivity contribution in [2.45, 2.75) is 9.79 Å². The van der Waals surface area contributed by atoms with Crippen LogP contribution in [0.2, 0.25) is 0 Å². The molecule has 0 unspecified atom stereocenters. The van der Waals surface area contributed by atoms with Crippen molar-refractivity contribution in [3.05, 3.63) is 24.3 Å². The van der Waals surface area contributed by atoms with Gasteiger partial charge < -0.3 is 11.5 Å². The van der Waals surface area contributed by atoms with E-state index in [1.54, 1.807) is 0 Å². The van der Waals surface area contributed by atoms with Gasteiger partial charge >= 0.3 is 0 Å². The Morgan fingerprint density at radius 1 is 0.818 bits per heavy atom. The van der Waals surface area contributed by atoms with Crippen molar-refractivity contribution >= 4 is 101 Å². The summed E-state index contributed by atoms with van der Waals surface area (Å²) in [6.07, 6.45) is 0. The molecule has 0 saturated heterocycles. The summed E-state index contributed by atoms with van der Waals surface area (Å²) in [5, 5.41) is -0.0145. The summed E-state index contributed by atoms with van der Waals surface area (Å²) >= 11 is 0. The standard InChI is InChI=1S/C10H10N2O6S2.2Na/c11-8-2-1-6-7(10(8)12)3-5(19(13,14)15)4-9(6)20(16,17)18;;/h1-4H,11-12H2,(H,13,14,15)(H,16,17,18);;. The minimum absolute atomic E-state index is 0. The Bertz CT molecular complexity index is 928. The molecule has 110 valence electrons. The quantitative estimate of drug-likeness (QED) is 0.322. The summed E-state index contributed by atoms with van der Waals surface area (Å²) < 4.78 is 63.2. The van der Waals surface area contributed by atoms with E-state index < -0.39 is 30.0 Å². The van der Waals surface area contributed by atoms with E-state index >= 15 is 0 Å². The smallest absolute Gasteiger partial charge is 0.295 e. The van der Waals surface area contributed by atoms with Crippen LogP contribution in [0.5, 0.6) is 0 Å². The predicted octanol–water partition coefficient (Wildman–Crippen LogP) is -0.264. The molecule has 2 aromatic rings. The van der Waals surface area contributed by atoms with Gasteiger partial charge in [-0.1, -0.05) is 6.07 Å². The third-order valence-electron chi connectivity index (χ3n) is 2.72. The van der Waals surface area contributed by atoms with Crippen molar-refractivity contribution in [2.75, 3.05) is 11.5 Å². The summed E-state index contributed by atoms with van der Waals surface area (Å²) in [6.45, 7) is 0. The minimum atomic E-state index is -4.71. The molecule has 0 aliphatic heterocycles. The molecule has 0 aliphatic rings. The third-order valence-corrected chi connectivity index (χ3v) is 4.45. The zero-order valence-electron chi connectivity index (χ0n) is 11.8. The van der Waals surface area contributed by atoms with Gasteiger partial charge in [0.25, 0.3) is 20.2 Å². The SMILES string of the molecule is Nc1ccc2c(S(=O)(=O)O)cc(S(=O)(=O)O)cc2c1N.[Na].[Na]. The van der Waals surface area contributed by atoms with Crippen LogP contribution in [0.1, 0.15) is 0 Å². The van der Waals surface area contributed by atoms with E-state index in [4.69, 9.17) is 20.6 Å². The molecule has 0 aliphatic carbocycles. The summed E-state index contributed by atoms with van der Waals surface area (Å²) in [5.41, 5.74) is 11.3. The molecule has 0 heterocycles. The zero-order valence-corrected chi connectivity index (χ0v) is 17.4. The maximum absolute atomic E-state index is 11.3. The molecule has 0 spiro atoms. The molecule has 0 aromatic heterocycles. The zero-order chi connectivity index (χ0) is 15.3. The molecule has 2 aromatic carbocycles. The molecular weight excluding hydrogens is 354 g/mol. The van der Waals surface area contributed by atoms with Crippen molar-refractivity contribution in [2.24, 2.45) is 0 Å². The molecule has 2 rings (SSSR count). The maximum Gasteiger partial charge on any atom is 0.295 e. The summed E-state index contributed by atoms with van der Waals surface area (Å²) in [6, 6.07) is 4.21. The van der Waals surface area contributed by atoms with E-state index in [0.717, 1.165) is 6.07 Å². The van der Waals surface area contributed by atoms with Crippen LogP contribution in [-0.4, -0.2) is 85.1 Å². The van der Waals surface area contributed by atoms with Gasteiger partial charge in [0.15, 0.2) is 0 Å². The summed E-state index contributed by atoms with van der Waals surface area (Å²) in [5.74, 6) is 0. The first-order valence-corrected chi connectivity index (χ1v) is 7.96. The van der Waals surface area contributed by atoms with Crippen LogP contribution in [0.3, 0.4) is 0 Å². The largest absolute Gasteiger partial charge is 0.397 e. The molecule has 2 radical (unpaired) electrons. The van der Waals surface area contributed by atoms with E-state index in [2.05, 4.69) is 0 Å². The second kappa shape index (κ2) is 7.34. The molecular formula is C10H10N2Na2O6S2. The molecule has 6 N–H and O–H groups in total. The van der Waals surface area contributed by atoms with Crippen LogP contribution >= 0.6 is 0 Å². The maximum atomic E-state index is 11.3. The van der Waals surface area contributed by atoms with Crippen LogP contribution in [0.25, 0.3) is 10.8 Å². The Balaban J connectivity index is 0.00000220. The van der Waals surface area contributed by atoms with Crippen LogP contribution in [0.4, 0.5) is 11.4 Å². The Kier molecular flexibility index (Phi) is 7.38. The van der Waals surface area contributed by atoms with Crippen molar-refractivity contribution < 1.29 is 25.9 Å². The number of benzene rings is 2. The second-order valence-corrected chi connectivity index (χ2v) is 6.85. The first-order valence-electron chi connectivity index (χ1n) is 5.08. The van der Waals surface area contributed by atoms with Gasteiger partial charge in [0, 0.05) is 69.9 Å². The Labute approximate surface area is 171 Å². The van der Waals surface area contributed by atoms with Crippen molar-refractivity contribution in [3.63, 3.8) is 0 Å². The molecule has 0 saturated carbocycles. The number of nitrogens with two attached hydrogens (primary N) is 2. The van der Waals surface area contributed by atoms with Gasteiger partial charge in [0.1, 0.15) is 4.90 Å². The fourth-order valence-electron chi connectivity index (χ4n) is 1.78. The number of hydrogen-bond donors (Lipinski definition) is 4. The van der Waals surface area contributed by atoms with E-state index in [0.29, 0.717) is 6.07 Å². The van der Waals surface area contributed by atoms with Gasteiger partial charge in [-0.05, 0) is 18.2 Å². The minimum Gasteiger partial charge on any atom is -0.397 e. The Morgan fingerprint density at radius 3 is 1.82 bits per heavy atom. The fraction of sp³-hybridized carbons (Fsp3) is 0. The Morgan fingerprint density at radius 2 is 1.36 bits per heavy atom. The number of rotatable bonds is 2. The third kappa shape index (κ3) is 4.35. The van der Waals surface area contributed by atoms with E-state index in [1.165, 1.54) is 12.1 Å².